The highest BCUT2D eigenvalue weighted by atomic mass is 32.1. The summed E-state index contributed by atoms with van der Waals surface area (Å²) in [5.41, 5.74) is 0.897. The van der Waals surface area contributed by atoms with E-state index in [1.165, 1.54) is 19.3 Å². The molecule has 1 heterocycles. The summed E-state index contributed by atoms with van der Waals surface area (Å²) in [5.74, 6) is 0.735. The van der Waals surface area contributed by atoms with Crippen LogP contribution in [-0.2, 0) is 11.2 Å². The van der Waals surface area contributed by atoms with Gasteiger partial charge in [-0.05, 0) is 25.7 Å². The highest BCUT2D eigenvalue weighted by molar-refractivity contribution is 7.09. The Morgan fingerprint density at radius 2 is 2.29 bits per heavy atom. The Morgan fingerprint density at radius 1 is 1.53 bits per heavy atom. The fourth-order valence-corrected chi connectivity index (χ4v) is 3.06. The van der Waals surface area contributed by atoms with Crippen molar-refractivity contribution in [3.05, 3.63) is 16.1 Å². The standard InChI is InChI=1S/C13H20N2OS/c1-9-5-3-4-6-12(9)15-13(16)7-11-8-17-10(2)14-11/h8-9,12H,3-7H2,1-2H3,(H,15,16). The molecule has 0 aromatic carbocycles. The lowest BCUT2D eigenvalue weighted by atomic mass is 9.86. The molecule has 4 heteroatoms. The number of aryl methyl sites for hydroxylation is 1. The second kappa shape index (κ2) is 5.63. The Labute approximate surface area is 107 Å². The van der Waals surface area contributed by atoms with E-state index in [0.29, 0.717) is 18.4 Å². The molecule has 2 atom stereocenters. The lowest BCUT2D eigenvalue weighted by Crippen LogP contribution is -2.41. The molecule has 2 rings (SSSR count). The van der Waals surface area contributed by atoms with Gasteiger partial charge in [0.15, 0.2) is 0 Å². The van der Waals surface area contributed by atoms with Crippen molar-refractivity contribution >= 4 is 17.2 Å². The van der Waals surface area contributed by atoms with E-state index < -0.39 is 0 Å². The van der Waals surface area contributed by atoms with Gasteiger partial charge < -0.3 is 5.32 Å². The molecule has 1 N–H and O–H groups in total. The second-order valence-corrected chi connectivity index (χ2v) is 6.03. The van der Waals surface area contributed by atoms with Gasteiger partial charge >= 0.3 is 0 Å². The fourth-order valence-electron chi connectivity index (χ4n) is 2.44. The first kappa shape index (κ1) is 12.6. The van der Waals surface area contributed by atoms with Gasteiger partial charge in [-0.1, -0.05) is 19.8 Å². The van der Waals surface area contributed by atoms with Crippen LogP contribution in [0.3, 0.4) is 0 Å². The van der Waals surface area contributed by atoms with Crippen LogP contribution in [0.1, 0.15) is 43.3 Å². The molecule has 0 aliphatic heterocycles. The molecule has 94 valence electrons. The van der Waals surface area contributed by atoms with Crippen LogP contribution in [0, 0.1) is 12.8 Å². The Bertz CT molecular complexity index is 389. The van der Waals surface area contributed by atoms with Crippen LogP contribution in [-0.4, -0.2) is 16.9 Å². The monoisotopic (exact) mass is 252 g/mol. The molecule has 1 fully saturated rings. The van der Waals surface area contributed by atoms with Crippen molar-refractivity contribution < 1.29 is 4.79 Å². The van der Waals surface area contributed by atoms with E-state index in [0.717, 1.165) is 17.1 Å². The van der Waals surface area contributed by atoms with Crippen LogP contribution < -0.4 is 5.32 Å². The van der Waals surface area contributed by atoms with E-state index in [9.17, 15) is 4.79 Å². The first-order valence-electron chi connectivity index (χ1n) is 6.35. The largest absolute Gasteiger partial charge is 0.353 e. The van der Waals surface area contributed by atoms with Crippen molar-refractivity contribution in [2.45, 2.75) is 52.0 Å². The summed E-state index contributed by atoms with van der Waals surface area (Å²) in [4.78, 5) is 16.2. The van der Waals surface area contributed by atoms with Crippen molar-refractivity contribution in [2.24, 2.45) is 5.92 Å². The zero-order valence-corrected chi connectivity index (χ0v) is 11.3. The van der Waals surface area contributed by atoms with E-state index in [4.69, 9.17) is 0 Å². The molecule has 0 bridgehead atoms. The predicted molar refractivity (Wildman–Crippen MR) is 70.1 cm³/mol. The zero-order valence-electron chi connectivity index (χ0n) is 10.5. The van der Waals surface area contributed by atoms with Crippen LogP contribution >= 0.6 is 11.3 Å². The second-order valence-electron chi connectivity index (χ2n) is 4.97. The topological polar surface area (TPSA) is 42.0 Å². The Hall–Kier alpha value is -0.900. The van der Waals surface area contributed by atoms with Crippen molar-refractivity contribution in [1.29, 1.82) is 0 Å². The van der Waals surface area contributed by atoms with Crippen LogP contribution in [0.4, 0.5) is 0 Å². The lowest BCUT2D eigenvalue weighted by molar-refractivity contribution is -0.121. The molecule has 1 aliphatic carbocycles. The molecule has 1 aromatic heterocycles. The van der Waals surface area contributed by atoms with Crippen molar-refractivity contribution in [2.75, 3.05) is 0 Å². The average molecular weight is 252 g/mol. The predicted octanol–water partition coefficient (Wildman–Crippen LogP) is 2.69. The van der Waals surface area contributed by atoms with Crippen LogP contribution in [0.2, 0.25) is 0 Å². The van der Waals surface area contributed by atoms with Gasteiger partial charge in [-0.3, -0.25) is 4.79 Å². The van der Waals surface area contributed by atoms with Gasteiger partial charge in [-0.15, -0.1) is 11.3 Å². The first-order chi connectivity index (χ1) is 8.15. The van der Waals surface area contributed by atoms with Crippen LogP contribution in [0.25, 0.3) is 0 Å². The summed E-state index contributed by atoms with van der Waals surface area (Å²) < 4.78 is 0. The summed E-state index contributed by atoms with van der Waals surface area (Å²) >= 11 is 1.60. The summed E-state index contributed by atoms with van der Waals surface area (Å²) in [6, 6.07) is 0.371. The number of thiazole rings is 1. The minimum atomic E-state index is 0.119. The average Bonchev–Trinajstić information content (AvgIpc) is 2.67. The highest BCUT2D eigenvalue weighted by Crippen LogP contribution is 2.23. The van der Waals surface area contributed by atoms with Gasteiger partial charge in [0.05, 0.1) is 17.1 Å². The SMILES string of the molecule is Cc1nc(CC(=O)NC2CCCCC2C)cs1. The molecular weight excluding hydrogens is 232 g/mol. The van der Waals surface area contributed by atoms with E-state index in [-0.39, 0.29) is 5.91 Å². The number of rotatable bonds is 3. The van der Waals surface area contributed by atoms with Crippen molar-refractivity contribution in [1.82, 2.24) is 10.3 Å². The van der Waals surface area contributed by atoms with Gasteiger partial charge in [-0.25, -0.2) is 4.98 Å². The van der Waals surface area contributed by atoms with Gasteiger partial charge in [-0.2, -0.15) is 0 Å². The molecule has 0 saturated heterocycles. The van der Waals surface area contributed by atoms with Gasteiger partial charge in [0.25, 0.3) is 0 Å². The van der Waals surface area contributed by atoms with E-state index in [1.807, 2.05) is 12.3 Å². The van der Waals surface area contributed by atoms with Crippen molar-refractivity contribution in [3.63, 3.8) is 0 Å². The summed E-state index contributed by atoms with van der Waals surface area (Å²) in [6.07, 6.45) is 5.33. The third kappa shape index (κ3) is 3.53. The number of carbonyl (C=O) groups excluding carboxylic acids is 1. The number of amides is 1. The fraction of sp³-hybridized carbons (Fsp3) is 0.692. The number of hydrogen-bond donors (Lipinski definition) is 1. The highest BCUT2D eigenvalue weighted by Gasteiger charge is 2.22. The van der Waals surface area contributed by atoms with Crippen molar-refractivity contribution in [3.8, 4) is 0 Å². The smallest absolute Gasteiger partial charge is 0.226 e. The molecule has 1 amide bonds. The van der Waals surface area contributed by atoms with E-state index in [1.54, 1.807) is 11.3 Å². The third-order valence-electron chi connectivity index (χ3n) is 3.47. The summed E-state index contributed by atoms with van der Waals surface area (Å²) in [6.45, 7) is 4.20. The minimum absolute atomic E-state index is 0.119. The number of aromatic nitrogens is 1. The number of nitrogens with one attached hydrogen (secondary N) is 1. The minimum Gasteiger partial charge on any atom is -0.353 e. The lowest BCUT2D eigenvalue weighted by Gasteiger charge is -2.29. The third-order valence-corrected chi connectivity index (χ3v) is 4.29. The molecule has 1 saturated carbocycles. The van der Waals surface area contributed by atoms with Crippen LogP contribution in [0.15, 0.2) is 5.38 Å². The maximum absolute atomic E-state index is 11.9. The molecule has 0 radical (unpaired) electrons. The Balaban J connectivity index is 1.84. The molecule has 0 spiro atoms. The zero-order chi connectivity index (χ0) is 12.3. The summed E-state index contributed by atoms with van der Waals surface area (Å²) in [7, 11) is 0. The summed E-state index contributed by atoms with van der Waals surface area (Å²) in [5, 5.41) is 6.15. The molecular formula is C13H20N2OS. The Kier molecular flexibility index (Phi) is 4.15. The maximum Gasteiger partial charge on any atom is 0.226 e. The molecule has 17 heavy (non-hydrogen) atoms. The number of hydrogen-bond acceptors (Lipinski definition) is 3. The van der Waals surface area contributed by atoms with E-state index >= 15 is 0 Å². The Morgan fingerprint density at radius 3 is 2.94 bits per heavy atom. The molecule has 1 aliphatic rings. The normalized spacial score (nSPS) is 24.6. The molecule has 2 unspecified atom stereocenters. The van der Waals surface area contributed by atoms with Gasteiger partial charge in [0, 0.05) is 11.4 Å². The maximum atomic E-state index is 11.9. The molecule has 1 aromatic rings. The number of carbonyl (C=O) groups is 1. The van der Waals surface area contributed by atoms with Gasteiger partial charge in [0.2, 0.25) is 5.91 Å². The van der Waals surface area contributed by atoms with E-state index in [2.05, 4.69) is 17.2 Å². The van der Waals surface area contributed by atoms with Crippen LogP contribution in [0.5, 0.6) is 0 Å². The number of nitrogens with zero attached hydrogens (tertiary/aromatic N) is 1. The molecule has 3 nitrogen and oxygen atoms in total. The van der Waals surface area contributed by atoms with Gasteiger partial charge in [0.1, 0.15) is 0 Å². The quantitative estimate of drug-likeness (QED) is 0.898. The first-order valence-corrected chi connectivity index (χ1v) is 7.23.